The molecule has 4 nitrogen and oxygen atoms in total. The maximum atomic E-state index is 13.0. The second-order valence-corrected chi connectivity index (χ2v) is 8.37. The fraction of sp³-hybridized carbons (Fsp3) is 0.440. The molecule has 1 fully saturated rings. The van der Waals surface area contributed by atoms with Crippen molar-refractivity contribution in [3.63, 3.8) is 0 Å². The fourth-order valence-electron chi connectivity index (χ4n) is 4.61. The molecule has 1 aliphatic heterocycles. The number of anilines is 1. The van der Waals surface area contributed by atoms with Crippen LogP contribution in [0.15, 0.2) is 48.5 Å². The molecule has 0 unspecified atom stereocenters. The van der Waals surface area contributed by atoms with E-state index in [9.17, 15) is 9.59 Å². The molecule has 1 heterocycles. The Balaban J connectivity index is 1.28. The number of carbonyl (C=O) groups is 2. The lowest BCUT2D eigenvalue weighted by molar-refractivity contribution is -0.138. The van der Waals surface area contributed by atoms with E-state index in [-0.39, 0.29) is 23.7 Å². The molecule has 1 aliphatic carbocycles. The standard InChI is InChI=1S/C25H30N2O2/c1-2-18-7-13-23(14-8-18)26-24(28)20-9-11-21(12-10-20)25(29)27-16-15-19-5-3-4-6-22(19)17-27/h3-8,13-14,20-21H,2,9-12,15-17H2,1H3,(H,26,28). The summed E-state index contributed by atoms with van der Waals surface area (Å²) < 4.78 is 0. The van der Waals surface area contributed by atoms with E-state index in [1.165, 1.54) is 16.7 Å². The number of hydrogen-bond acceptors (Lipinski definition) is 2. The van der Waals surface area contributed by atoms with Crippen LogP contribution in [0, 0.1) is 11.8 Å². The second kappa shape index (κ2) is 8.81. The van der Waals surface area contributed by atoms with Gasteiger partial charge in [-0.2, -0.15) is 0 Å². The topological polar surface area (TPSA) is 49.4 Å². The Morgan fingerprint density at radius 2 is 1.59 bits per heavy atom. The van der Waals surface area contributed by atoms with Crippen LogP contribution in [0.1, 0.15) is 49.3 Å². The highest BCUT2D eigenvalue weighted by Gasteiger charge is 2.33. The van der Waals surface area contributed by atoms with Gasteiger partial charge in [0.15, 0.2) is 0 Å². The lowest BCUT2D eigenvalue weighted by Gasteiger charge is -2.34. The van der Waals surface area contributed by atoms with Gasteiger partial charge < -0.3 is 10.2 Å². The molecule has 1 N–H and O–H groups in total. The van der Waals surface area contributed by atoms with Gasteiger partial charge in [-0.1, -0.05) is 43.3 Å². The molecule has 0 atom stereocenters. The molecule has 0 saturated heterocycles. The zero-order chi connectivity index (χ0) is 20.2. The summed E-state index contributed by atoms with van der Waals surface area (Å²) in [6, 6.07) is 16.5. The molecule has 0 radical (unpaired) electrons. The summed E-state index contributed by atoms with van der Waals surface area (Å²) in [6.07, 6.45) is 5.14. The van der Waals surface area contributed by atoms with Crippen molar-refractivity contribution < 1.29 is 9.59 Å². The second-order valence-electron chi connectivity index (χ2n) is 8.37. The van der Waals surface area contributed by atoms with Gasteiger partial charge in [0, 0.05) is 30.6 Å². The summed E-state index contributed by atoms with van der Waals surface area (Å²) in [7, 11) is 0. The van der Waals surface area contributed by atoms with Gasteiger partial charge in [-0.25, -0.2) is 0 Å². The van der Waals surface area contributed by atoms with Crippen molar-refractivity contribution in [3.05, 3.63) is 65.2 Å². The molecule has 152 valence electrons. The Labute approximate surface area is 173 Å². The van der Waals surface area contributed by atoms with Crippen molar-refractivity contribution in [1.29, 1.82) is 0 Å². The number of fused-ring (bicyclic) bond motifs is 1. The Morgan fingerprint density at radius 3 is 2.28 bits per heavy atom. The third-order valence-electron chi connectivity index (χ3n) is 6.52. The Hall–Kier alpha value is -2.62. The van der Waals surface area contributed by atoms with Crippen molar-refractivity contribution in [2.75, 3.05) is 11.9 Å². The van der Waals surface area contributed by atoms with E-state index in [1.54, 1.807) is 0 Å². The predicted molar refractivity (Wildman–Crippen MR) is 115 cm³/mol. The first-order valence-electron chi connectivity index (χ1n) is 10.9. The van der Waals surface area contributed by atoms with E-state index < -0.39 is 0 Å². The van der Waals surface area contributed by atoms with E-state index in [0.717, 1.165) is 57.3 Å². The van der Waals surface area contributed by atoms with Crippen LogP contribution in [0.2, 0.25) is 0 Å². The minimum absolute atomic E-state index is 0.00647. The van der Waals surface area contributed by atoms with Crippen LogP contribution < -0.4 is 5.32 Å². The third-order valence-corrected chi connectivity index (χ3v) is 6.52. The number of benzene rings is 2. The number of hydrogen-bond donors (Lipinski definition) is 1. The van der Waals surface area contributed by atoms with Gasteiger partial charge >= 0.3 is 0 Å². The maximum absolute atomic E-state index is 13.0. The van der Waals surface area contributed by atoms with Gasteiger partial charge in [-0.15, -0.1) is 0 Å². The highest BCUT2D eigenvalue weighted by molar-refractivity contribution is 5.92. The summed E-state index contributed by atoms with van der Waals surface area (Å²) in [6.45, 7) is 3.66. The number of aryl methyl sites for hydroxylation is 1. The number of amides is 2. The summed E-state index contributed by atoms with van der Waals surface area (Å²) in [5.41, 5.74) is 4.76. The van der Waals surface area contributed by atoms with E-state index in [4.69, 9.17) is 0 Å². The van der Waals surface area contributed by atoms with Crippen LogP contribution >= 0.6 is 0 Å². The van der Waals surface area contributed by atoms with E-state index in [1.807, 2.05) is 23.1 Å². The zero-order valence-electron chi connectivity index (χ0n) is 17.2. The van der Waals surface area contributed by atoms with Gasteiger partial charge in [-0.3, -0.25) is 9.59 Å². The molecule has 29 heavy (non-hydrogen) atoms. The lowest BCUT2D eigenvalue weighted by atomic mass is 9.80. The lowest BCUT2D eigenvalue weighted by Crippen LogP contribution is -2.41. The summed E-state index contributed by atoms with van der Waals surface area (Å²) in [4.78, 5) is 27.7. The van der Waals surface area contributed by atoms with Gasteiger partial charge in [0.05, 0.1) is 0 Å². The number of nitrogens with one attached hydrogen (secondary N) is 1. The van der Waals surface area contributed by atoms with E-state index >= 15 is 0 Å². The molecular weight excluding hydrogens is 360 g/mol. The van der Waals surface area contributed by atoms with Crippen molar-refractivity contribution >= 4 is 17.5 Å². The maximum Gasteiger partial charge on any atom is 0.227 e. The van der Waals surface area contributed by atoms with Crippen molar-refractivity contribution in [1.82, 2.24) is 4.90 Å². The normalized spacial score (nSPS) is 21.3. The molecule has 0 spiro atoms. The van der Waals surface area contributed by atoms with Gasteiger partial charge in [0.1, 0.15) is 0 Å². The Kier molecular flexibility index (Phi) is 5.98. The SMILES string of the molecule is CCc1ccc(NC(=O)C2CCC(C(=O)N3CCc4ccccc4C3)CC2)cc1. The largest absolute Gasteiger partial charge is 0.338 e. The van der Waals surface area contributed by atoms with Crippen LogP contribution in [0.3, 0.4) is 0 Å². The smallest absolute Gasteiger partial charge is 0.227 e. The van der Waals surface area contributed by atoms with Crippen molar-refractivity contribution in [3.8, 4) is 0 Å². The Bertz CT molecular complexity index is 867. The summed E-state index contributed by atoms with van der Waals surface area (Å²) >= 11 is 0. The first kappa shape index (κ1) is 19.7. The van der Waals surface area contributed by atoms with Crippen LogP contribution in [0.25, 0.3) is 0 Å². The zero-order valence-corrected chi connectivity index (χ0v) is 17.2. The molecule has 1 saturated carbocycles. The van der Waals surface area contributed by atoms with Crippen molar-refractivity contribution in [2.45, 2.75) is 52.0 Å². The molecule has 0 aromatic heterocycles. The van der Waals surface area contributed by atoms with Crippen LogP contribution in [-0.2, 0) is 29.0 Å². The number of carbonyl (C=O) groups excluding carboxylic acids is 2. The van der Waals surface area contributed by atoms with Crippen LogP contribution in [-0.4, -0.2) is 23.3 Å². The molecule has 4 heteroatoms. The highest BCUT2D eigenvalue weighted by Crippen LogP contribution is 2.32. The van der Waals surface area contributed by atoms with Gasteiger partial charge in [-0.05, 0) is 67.3 Å². The molecule has 2 aliphatic rings. The van der Waals surface area contributed by atoms with Gasteiger partial charge in [0.25, 0.3) is 0 Å². The minimum atomic E-state index is 0.00647. The average molecular weight is 391 g/mol. The molecular formula is C25H30N2O2. The first-order valence-corrected chi connectivity index (χ1v) is 10.9. The van der Waals surface area contributed by atoms with Gasteiger partial charge in [0.2, 0.25) is 11.8 Å². The quantitative estimate of drug-likeness (QED) is 0.831. The molecule has 0 bridgehead atoms. The summed E-state index contributed by atoms with van der Waals surface area (Å²) in [5, 5.41) is 3.05. The number of nitrogens with zero attached hydrogens (tertiary/aromatic N) is 1. The third kappa shape index (κ3) is 4.52. The predicted octanol–water partition coefficient (Wildman–Crippen LogP) is 4.58. The minimum Gasteiger partial charge on any atom is -0.338 e. The van der Waals surface area contributed by atoms with Crippen LogP contribution in [0.5, 0.6) is 0 Å². The Morgan fingerprint density at radius 1 is 0.931 bits per heavy atom. The molecule has 2 amide bonds. The molecule has 2 aromatic rings. The molecule has 2 aromatic carbocycles. The van der Waals surface area contributed by atoms with Crippen LogP contribution in [0.4, 0.5) is 5.69 Å². The highest BCUT2D eigenvalue weighted by atomic mass is 16.2. The van der Waals surface area contributed by atoms with E-state index in [0.29, 0.717) is 0 Å². The summed E-state index contributed by atoms with van der Waals surface area (Å²) in [5.74, 6) is 0.431. The fourth-order valence-corrected chi connectivity index (χ4v) is 4.61. The number of rotatable bonds is 4. The van der Waals surface area contributed by atoms with Crippen molar-refractivity contribution in [2.24, 2.45) is 11.8 Å². The molecule has 4 rings (SSSR count). The monoisotopic (exact) mass is 390 g/mol. The van der Waals surface area contributed by atoms with E-state index in [2.05, 4.69) is 42.6 Å². The average Bonchev–Trinajstić information content (AvgIpc) is 2.79. The first-order chi connectivity index (χ1) is 14.1.